The van der Waals surface area contributed by atoms with Crippen LogP contribution < -0.4 is 4.74 Å². The highest BCUT2D eigenvalue weighted by Gasteiger charge is 1.96. The van der Waals surface area contributed by atoms with Crippen LogP contribution in [-0.2, 0) is 11.3 Å². The molecular formula is C19H20O2. The third kappa shape index (κ3) is 5.57. The van der Waals surface area contributed by atoms with Crippen molar-refractivity contribution in [3.8, 4) is 5.75 Å². The maximum Gasteiger partial charge on any atom is 0.120 e. The maximum absolute atomic E-state index is 5.80. The van der Waals surface area contributed by atoms with Crippen LogP contribution in [0.4, 0.5) is 0 Å². The van der Waals surface area contributed by atoms with E-state index in [9.17, 15) is 0 Å². The Morgan fingerprint density at radius 3 is 2.67 bits per heavy atom. The number of rotatable bonds is 7. The summed E-state index contributed by atoms with van der Waals surface area (Å²) in [5, 5.41) is 0. The predicted molar refractivity (Wildman–Crippen MR) is 87.0 cm³/mol. The van der Waals surface area contributed by atoms with E-state index in [1.165, 1.54) is 0 Å². The Bertz CT molecular complexity index is 586. The molecule has 0 saturated carbocycles. The van der Waals surface area contributed by atoms with Gasteiger partial charge in [0.2, 0.25) is 0 Å². The lowest BCUT2D eigenvalue weighted by Crippen LogP contribution is -1.94. The van der Waals surface area contributed by atoms with E-state index < -0.39 is 0 Å². The van der Waals surface area contributed by atoms with E-state index in [-0.39, 0.29) is 0 Å². The third-order valence-corrected chi connectivity index (χ3v) is 2.84. The maximum atomic E-state index is 5.80. The van der Waals surface area contributed by atoms with Crippen LogP contribution in [0.2, 0.25) is 0 Å². The van der Waals surface area contributed by atoms with Gasteiger partial charge in [0.05, 0.1) is 6.26 Å². The first-order chi connectivity index (χ1) is 10.4. The Labute approximate surface area is 126 Å². The number of benzene rings is 2. The molecule has 2 aromatic rings. The van der Waals surface area contributed by atoms with Crippen molar-refractivity contribution in [3.63, 3.8) is 0 Å². The van der Waals surface area contributed by atoms with Gasteiger partial charge >= 0.3 is 0 Å². The Morgan fingerprint density at radius 1 is 1.00 bits per heavy atom. The molecule has 2 heteroatoms. The molecule has 0 aliphatic carbocycles. The van der Waals surface area contributed by atoms with Crippen molar-refractivity contribution in [2.45, 2.75) is 13.5 Å². The molecule has 0 unspecified atom stereocenters. The lowest BCUT2D eigenvalue weighted by molar-refractivity contribution is 0.290. The third-order valence-electron chi connectivity index (χ3n) is 2.84. The first-order valence-corrected chi connectivity index (χ1v) is 7.04. The summed E-state index contributed by atoms with van der Waals surface area (Å²) in [6.07, 6.45) is 7.56. The van der Waals surface area contributed by atoms with Crippen LogP contribution in [0.15, 0.2) is 73.0 Å². The molecule has 0 fully saturated rings. The number of hydrogen-bond donors (Lipinski definition) is 0. The van der Waals surface area contributed by atoms with Crippen LogP contribution >= 0.6 is 0 Å². The first kappa shape index (κ1) is 14.9. The summed E-state index contributed by atoms with van der Waals surface area (Å²) in [4.78, 5) is 0. The number of allylic oxidation sites excluding steroid dienone is 1. The van der Waals surface area contributed by atoms with Gasteiger partial charge in [-0.25, -0.2) is 0 Å². The first-order valence-electron chi connectivity index (χ1n) is 7.04. The number of ether oxygens (including phenoxy) is 2. The summed E-state index contributed by atoms with van der Waals surface area (Å²) in [7, 11) is 0. The molecule has 0 amide bonds. The highest BCUT2D eigenvalue weighted by molar-refractivity contribution is 5.51. The van der Waals surface area contributed by atoms with Gasteiger partial charge in [-0.2, -0.15) is 0 Å². The normalized spacial score (nSPS) is 11.1. The Kier molecular flexibility index (Phi) is 6.14. The summed E-state index contributed by atoms with van der Waals surface area (Å²) in [5.74, 6) is 0.871. The summed E-state index contributed by atoms with van der Waals surface area (Å²) in [6, 6.07) is 18.2. The topological polar surface area (TPSA) is 18.5 Å². The molecule has 2 nitrogen and oxygen atoms in total. The van der Waals surface area contributed by atoms with Gasteiger partial charge in [0.1, 0.15) is 19.0 Å². The summed E-state index contributed by atoms with van der Waals surface area (Å²) >= 11 is 0. The van der Waals surface area contributed by atoms with Crippen molar-refractivity contribution in [2.24, 2.45) is 0 Å². The second-order valence-electron chi connectivity index (χ2n) is 4.55. The quantitative estimate of drug-likeness (QED) is 0.534. The molecule has 0 aliphatic rings. The van der Waals surface area contributed by atoms with Gasteiger partial charge in [-0.3, -0.25) is 0 Å². The second kappa shape index (κ2) is 8.64. The van der Waals surface area contributed by atoms with Crippen molar-refractivity contribution >= 4 is 6.08 Å². The van der Waals surface area contributed by atoms with Gasteiger partial charge in [0.25, 0.3) is 0 Å². The van der Waals surface area contributed by atoms with Crippen molar-refractivity contribution < 1.29 is 9.47 Å². The van der Waals surface area contributed by atoms with Crippen LogP contribution in [0.1, 0.15) is 18.1 Å². The molecule has 0 bridgehead atoms. The van der Waals surface area contributed by atoms with E-state index in [1.807, 2.05) is 67.6 Å². The monoisotopic (exact) mass is 280 g/mol. The van der Waals surface area contributed by atoms with Gasteiger partial charge < -0.3 is 9.47 Å². The highest BCUT2D eigenvalue weighted by atomic mass is 16.5. The van der Waals surface area contributed by atoms with E-state index in [0.29, 0.717) is 13.2 Å². The zero-order valence-corrected chi connectivity index (χ0v) is 12.2. The molecule has 0 radical (unpaired) electrons. The summed E-state index contributed by atoms with van der Waals surface area (Å²) < 4.78 is 11.0. The lowest BCUT2D eigenvalue weighted by atomic mass is 10.2. The SMILES string of the molecule is C/C=C/OCC=Cc1cccc(OCc2ccccc2)c1. The van der Waals surface area contributed by atoms with Gasteiger partial charge in [-0.05, 0) is 36.3 Å². The molecule has 0 aliphatic heterocycles. The zero-order chi connectivity index (χ0) is 14.8. The van der Waals surface area contributed by atoms with Crippen LogP contribution in [0, 0.1) is 0 Å². The van der Waals surface area contributed by atoms with Gasteiger partial charge in [-0.1, -0.05) is 54.6 Å². The van der Waals surface area contributed by atoms with E-state index in [1.54, 1.807) is 6.26 Å². The average molecular weight is 280 g/mol. The largest absolute Gasteiger partial charge is 0.497 e. The molecule has 0 atom stereocenters. The Morgan fingerprint density at radius 2 is 1.86 bits per heavy atom. The minimum Gasteiger partial charge on any atom is -0.497 e. The molecule has 2 rings (SSSR count). The molecule has 0 saturated heterocycles. The van der Waals surface area contributed by atoms with Crippen molar-refractivity contribution in [1.82, 2.24) is 0 Å². The minimum absolute atomic E-state index is 0.569. The molecular weight excluding hydrogens is 260 g/mol. The van der Waals surface area contributed by atoms with Crippen LogP contribution in [0.25, 0.3) is 6.08 Å². The van der Waals surface area contributed by atoms with Gasteiger partial charge in [-0.15, -0.1) is 0 Å². The summed E-state index contributed by atoms with van der Waals surface area (Å²) in [6.45, 7) is 3.08. The van der Waals surface area contributed by atoms with Crippen molar-refractivity contribution in [3.05, 3.63) is 84.1 Å². The fraction of sp³-hybridized carbons (Fsp3) is 0.158. The van der Waals surface area contributed by atoms with Crippen molar-refractivity contribution in [2.75, 3.05) is 6.61 Å². The van der Waals surface area contributed by atoms with E-state index in [2.05, 4.69) is 12.1 Å². The fourth-order valence-electron chi connectivity index (χ4n) is 1.84. The molecule has 21 heavy (non-hydrogen) atoms. The van der Waals surface area contributed by atoms with Crippen molar-refractivity contribution in [1.29, 1.82) is 0 Å². The minimum atomic E-state index is 0.569. The Balaban J connectivity index is 1.88. The fourth-order valence-corrected chi connectivity index (χ4v) is 1.84. The molecule has 0 spiro atoms. The van der Waals surface area contributed by atoms with Crippen LogP contribution in [-0.4, -0.2) is 6.61 Å². The highest BCUT2D eigenvalue weighted by Crippen LogP contribution is 2.16. The number of hydrogen-bond acceptors (Lipinski definition) is 2. The Hall–Kier alpha value is -2.48. The summed E-state index contributed by atoms with van der Waals surface area (Å²) in [5.41, 5.74) is 2.27. The zero-order valence-electron chi connectivity index (χ0n) is 12.2. The smallest absolute Gasteiger partial charge is 0.120 e. The van der Waals surface area contributed by atoms with Gasteiger partial charge in [0.15, 0.2) is 0 Å². The molecule has 0 aromatic heterocycles. The van der Waals surface area contributed by atoms with Crippen LogP contribution in [0.3, 0.4) is 0 Å². The molecule has 0 N–H and O–H groups in total. The van der Waals surface area contributed by atoms with E-state index >= 15 is 0 Å². The molecule has 2 aromatic carbocycles. The second-order valence-corrected chi connectivity index (χ2v) is 4.55. The standard InChI is InChI=1S/C19H20O2/c1-2-13-20-14-7-11-17-10-6-12-19(15-17)21-16-18-8-4-3-5-9-18/h2-13,15H,14,16H2,1H3/b11-7?,13-2+. The molecule has 0 heterocycles. The predicted octanol–water partition coefficient (Wildman–Crippen LogP) is 4.83. The van der Waals surface area contributed by atoms with E-state index in [4.69, 9.17) is 9.47 Å². The van der Waals surface area contributed by atoms with Gasteiger partial charge in [0, 0.05) is 0 Å². The van der Waals surface area contributed by atoms with Crippen LogP contribution in [0.5, 0.6) is 5.75 Å². The average Bonchev–Trinajstić information content (AvgIpc) is 2.54. The molecule has 108 valence electrons. The van der Waals surface area contributed by atoms with E-state index in [0.717, 1.165) is 16.9 Å². The lowest BCUT2D eigenvalue weighted by Gasteiger charge is -2.06.